The van der Waals surface area contributed by atoms with Crippen molar-refractivity contribution in [2.45, 2.75) is 133 Å². The molecule has 2 bridgehead atoms. The molecule has 5 amide bonds. The molecule has 84 heavy (non-hydrogen) atoms. The van der Waals surface area contributed by atoms with Gasteiger partial charge in [0.05, 0.1) is 16.0 Å². The number of piperidine rings is 1. The minimum absolute atomic E-state index is 0.0452. The molecule has 2 atom stereocenters. The molecule has 4 aliphatic carbocycles. The van der Waals surface area contributed by atoms with Crippen LogP contribution in [0.2, 0.25) is 0 Å². The van der Waals surface area contributed by atoms with E-state index in [0.29, 0.717) is 34.0 Å². The van der Waals surface area contributed by atoms with E-state index in [1.165, 1.54) is 43.4 Å². The van der Waals surface area contributed by atoms with E-state index in [0.717, 1.165) is 132 Å². The predicted molar refractivity (Wildman–Crippen MR) is 332 cm³/mol. The summed E-state index contributed by atoms with van der Waals surface area (Å²) >= 11 is 1.80. The van der Waals surface area contributed by atoms with Crippen LogP contribution in [0.15, 0.2) is 112 Å². The largest absolute Gasteiger partial charge is 0.384 e. The molecule has 4 heterocycles. The summed E-state index contributed by atoms with van der Waals surface area (Å²) in [5.74, 6) is -1.85. The number of rotatable bonds is 24. The lowest BCUT2D eigenvalue weighted by Gasteiger charge is -2.72. The molecule has 6 fully saturated rings. The predicted octanol–water partition coefficient (Wildman–Crippen LogP) is 9.59. The minimum Gasteiger partial charge on any atom is -0.384 e. The van der Waals surface area contributed by atoms with Crippen molar-refractivity contribution in [3.63, 3.8) is 0 Å². The van der Waals surface area contributed by atoms with E-state index in [1.807, 2.05) is 36.8 Å². The van der Waals surface area contributed by atoms with E-state index in [9.17, 15) is 32.4 Å². The van der Waals surface area contributed by atoms with Gasteiger partial charge in [0.15, 0.2) is 0 Å². The molecule has 4 aromatic carbocycles. The number of benzene rings is 4. The molecule has 3 saturated heterocycles. The molecule has 0 radical (unpaired) electrons. The number of piperazine rings is 2. The number of anilines is 3. The van der Waals surface area contributed by atoms with Gasteiger partial charge in [-0.25, -0.2) is 13.1 Å². The van der Waals surface area contributed by atoms with Gasteiger partial charge in [-0.1, -0.05) is 69.0 Å². The highest BCUT2D eigenvalue weighted by Crippen LogP contribution is 2.77. The van der Waals surface area contributed by atoms with Crippen molar-refractivity contribution in [3.05, 3.63) is 124 Å². The first-order valence-corrected chi connectivity index (χ1v) is 33.2. The maximum atomic E-state index is 13.7. The van der Waals surface area contributed by atoms with Crippen LogP contribution in [0.1, 0.15) is 141 Å². The molecular formula is C66H85N9O7S2. The van der Waals surface area contributed by atoms with Crippen LogP contribution in [0.3, 0.4) is 0 Å². The van der Waals surface area contributed by atoms with Crippen molar-refractivity contribution >= 4 is 68.4 Å². The molecular weight excluding hydrogens is 1090 g/mol. The summed E-state index contributed by atoms with van der Waals surface area (Å²) in [6.45, 7) is 20.8. The minimum atomic E-state index is -4.15. The van der Waals surface area contributed by atoms with Gasteiger partial charge in [0.1, 0.15) is 6.04 Å². The highest BCUT2D eigenvalue weighted by molar-refractivity contribution is 7.99. The van der Waals surface area contributed by atoms with Crippen LogP contribution in [0, 0.1) is 23.2 Å². The Morgan fingerprint density at radius 2 is 1.45 bits per heavy atom. The van der Waals surface area contributed by atoms with Gasteiger partial charge in [-0.15, -0.1) is 11.8 Å². The second-order valence-corrected chi connectivity index (χ2v) is 29.0. The number of fused-ring (bicyclic) bond motifs is 1. The molecule has 448 valence electrons. The molecule has 18 heteroatoms. The smallest absolute Gasteiger partial charge is 0.264 e. The van der Waals surface area contributed by atoms with Crippen LogP contribution in [-0.4, -0.2) is 154 Å². The summed E-state index contributed by atoms with van der Waals surface area (Å²) in [5.41, 5.74) is 9.17. The summed E-state index contributed by atoms with van der Waals surface area (Å²) in [5, 5.41) is 9.38. The van der Waals surface area contributed by atoms with E-state index < -0.39 is 45.6 Å². The SMILES string of the molecule is Cc1cc(S(=O)(=O)NC(=O)c2ccc(N3CCN(CC4=C(C56CC(C)(C5)C6)CC(C)(C)CC4)CC3)cc2)ccc1N[C@H](CCN1CCN(CCCCCCNc2cccc3c2C(=O)N(C2CCC(=O)NC2=O)C3=O)CC1)CSc1ccccc1. The Kier molecular flexibility index (Phi) is 17.8. The Morgan fingerprint density at radius 1 is 0.750 bits per heavy atom. The van der Waals surface area contributed by atoms with Gasteiger partial charge >= 0.3 is 0 Å². The lowest BCUT2D eigenvalue weighted by Crippen LogP contribution is -2.61. The second kappa shape index (κ2) is 25.1. The molecule has 8 aliphatic rings. The number of nitrogens with zero attached hydrogens (tertiary/aromatic N) is 5. The molecule has 1 unspecified atom stereocenters. The Hall–Kier alpha value is -6.05. The van der Waals surface area contributed by atoms with Gasteiger partial charge in [0, 0.05) is 118 Å². The fourth-order valence-corrected chi connectivity index (χ4v) is 16.6. The van der Waals surface area contributed by atoms with E-state index in [1.54, 1.807) is 59.8 Å². The highest BCUT2D eigenvalue weighted by atomic mass is 32.2. The van der Waals surface area contributed by atoms with Gasteiger partial charge in [-0.05, 0) is 166 Å². The van der Waals surface area contributed by atoms with Crippen molar-refractivity contribution in [2.24, 2.45) is 16.2 Å². The molecule has 4 N–H and O–H groups in total. The number of sulfonamides is 1. The molecule has 3 saturated carbocycles. The van der Waals surface area contributed by atoms with Crippen molar-refractivity contribution in [1.82, 2.24) is 29.6 Å². The maximum Gasteiger partial charge on any atom is 0.264 e. The standard InChI is InChI=1S/C66H85N9O7S2/c1-46-39-52(84(81,82)70-60(77)47-17-19-50(20-18-47)74-37-35-73(36-38-74)41-48-25-27-64(2,3)40-54(48)66-43-65(4,44-66)45-66)21-22-55(46)68-49(42-83-51-13-8-7-9-14-51)26-30-72-33-31-71(32-34-72)29-11-6-5-10-28-67-56-16-12-15-53-59(56)63(80)75(62(53)79)57-23-24-58(76)69-61(57)78/h7-9,12-22,39,49,57,67-68H,5-6,10-11,23-38,40-45H2,1-4H3,(H,70,77)(H,69,76,78)/t49-,57?,65?,66?/m1/s1. The van der Waals surface area contributed by atoms with E-state index in [2.05, 4.69) is 85.3 Å². The molecule has 16 nitrogen and oxygen atoms in total. The first-order valence-electron chi connectivity index (χ1n) is 30.8. The average molecular weight is 1180 g/mol. The van der Waals surface area contributed by atoms with Crippen LogP contribution >= 0.6 is 11.8 Å². The van der Waals surface area contributed by atoms with Gasteiger partial charge in [-0.3, -0.25) is 39.1 Å². The zero-order chi connectivity index (χ0) is 58.8. The number of amides is 5. The second-order valence-electron chi connectivity index (χ2n) is 26.2. The summed E-state index contributed by atoms with van der Waals surface area (Å²) in [7, 11) is -4.15. The fraction of sp³-hybridized carbons (Fsp3) is 0.530. The number of aryl methyl sites for hydroxylation is 1. The third kappa shape index (κ3) is 13.5. The van der Waals surface area contributed by atoms with Crippen LogP contribution in [0.25, 0.3) is 0 Å². The maximum absolute atomic E-state index is 13.7. The topological polar surface area (TPSA) is 184 Å². The average Bonchev–Trinajstić information content (AvgIpc) is 0.901. The third-order valence-corrected chi connectivity index (χ3v) is 21.6. The van der Waals surface area contributed by atoms with Crippen LogP contribution < -0.4 is 25.6 Å². The number of allylic oxidation sites excluding steroid dienone is 1. The number of thioether (sulfide) groups is 1. The van der Waals surface area contributed by atoms with Gasteiger partial charge in [-0.2, -0.15) is 0 Å². The number of hydrogen-bond donors (Lipinski definition) is 4. The van der Waals surface area contributed by atoms with Crippen molar-refractivity contribution in [3.8, 4) is 0 Å². The molecule has 4 aliphatic heterocycles. The highest BCUT2D eigenvalue weighted by Gasteiger charge is 2.67. The fourth-order valence-electron chi connectivity index (χ4n) is 14.6. The van der Waals surface area contributed by atoms with Crippen LogP contribution in [-0.2, 0) is 19.6 Å². The zero-order valence-corrected chi connectivity index (χ0v) is 51.2. The first-order chi connectivity index (χ1) is 40.3. The molecule has 4 aromatic rings. The Labute approximate surface area is 501 Å². The van der Waals surface area contributed by atoms with Crippen molar-refractivity contribution in [1.29, 1.82) is 0 Å². The molecule has 12 rings (SSSR count). The number of hydrogen-bond acceptors (Lipinski definition) is 14. The summed E-state index contributed by atoms with van der Waals surface area (Å²) < 4.78 is 29.8. The number of nitrogens with one attached hydrogen (secondary N) is 4. The molecule has 0 aromatic heterocycles. The van der Waals surface area contributed by atoms with Crippen molar-refractivity contribution in [2.75, 3.05) is 99.8 Å². The van der Waals surface area contributed by atoms with Crippen LogP contribution in [0.5, 0.6) is 0 Å². The Balaban J connectivity index is 0.606. The Bertz CT molecular complexity index is 3240. The van der Waals surface area contributed by atoms with Gasteiger partial charge < -0.3 is 25.3 Å². The Morgan fingerprint density at radius 3 is 2.15 bits per heavy atom. The lowest BCUT2D eigenvalue weighted by molar-refractivity contribution is -0.167. The number of carbonyl (C=O) groups excluding carboxylic acids is 5. The first kappa shape index (κ1) is 59.7. The van der Waals surface area contributed by atoms with Gasteiger partial charge in [0.25, 0.3) is 27.7 Å². The lowest BCUT2D eigenvalue weighted by atomic mass is 9.33. The number of carbonyl (C=O) groups is 5. The van der Waals surface area contributed by atoms with E-state index in [4.69, 9.17) is 0 Å². The summed E-state index contributed by atoms with van der Waals surface area (Å²) in [4.78, 5) is 76.7. The van der Waals surface area contributed by atoms with Gasteiger partial charge in [0.2, 0.25) is 11.8 Å². The third-order valence-electron chi connectivity index (χ3n) is 19.1. The van der Waals surface area contributed by atoms with E-state index in [-0.39, 0.29) is 34.9 Å². The van der Waals surface area contributed by atoms with E-state index >= 15 is 0 Å². The monoisotopic (exact) mass is 1180 g/mol. The zero-order valence-electron chi connectivity index (χ0n) is 49.6. The number of unbranched alkanes of at least 4 members (excludes halogenated alkanes) is 3. The summed E-state index contributed by atoms with van der Waals surface area (Å²) in [6, 6.07) is 27.0. The van der Waals surface area contributed by atoms with Crippen LogP contribution in [0.4, 0.5) is 17.1 Å². The number of imide groups is 2. The summed E-state index contributed by atoms with van der Waals surface area (Å²) in [6.07, 6.45) is 13.1. The quantitative estimate of drug-likeness (QED) is 0.0225. The van der Waals surface area contributed by atoms with Crippen molar-refractivity contribution < 1.29 is 32.4 Å². The molecule has 0 spiro atoms. The normalized spacial score (nSPS) is 24.1.